The number of aryl methyl sites for hydroxylation is 1. The number of rotatable bonds is 33. The van der Waals surface area contributed by atoms with Crippen molar-refractivity contribution in [2.45, 2.75) is 217 Å². The highest BCUT2D eigenvalue weighted by atomic mass is 16.7. The second-order valence-electron chi connectivity index (χ2n) is 14.9. The van der Waals surface area contributed by atoms with Crippen LogP contribution in [0.25, 0.3) is 0 Å². The van der Waals surface area contributed by atoms with E-state index in [1.54, 1.807) is 0 Å². The first-order chi connectivity index (χ1) is 25.3. The van der Waals surface area contributed by atoms with E-state index in [0.29, 0.717) is 19.4 Å². The summed E-state index contributed by atoms with van der Waals surface area (Å²) in [5.41, 5.74) is -0.560. The highest BCUT2D eigenvalue weighted by molar-refractivity contribution is 4.89. The van der Waals surface area contributed by atoms with Crippen LogP contribution in [0.2, 0.25) is 0 Å². The first-order valence-electron chi connectivity index (χ1n) is 20.7. The molecular weight excluding hydrogens is 668 g/mol. The van der Waals surface area contributed by atoms with Crippen molar-refractivity contribution in [1.29, 1.82) is 0 Å². The first kappa shape index (κ1) is 46.4. The van der Waals surface area contributed by atoms with Crippen molar-refractivity contribution in [3.8, 4) is 0 Å². The van der Waals surface area contributed by atoms with E-state index in [1.807, 2.05) is 6.08 Å². The Hall–Kier alpha value is -1.71. The van der Waals surface area contributed by atoms with Gasteiger partial charge in [-0.15, -0.1) is 6.58 Å². The van der Waals surface area contributed by atoms with E-state index in [0.717, 1.165) is 56.0 Å². The van der Waals surface area contributed by atoms with Gasteiger partial charge in [-0.3, -0.25) is 0 Å². The Morgan fingerprint density at radius 1 is 0.750 bits per heavy atom. The zero-order chi connectivity index (χ0) is 38.0. The topological polar surface area (TPSA) is 193 Å². The van der Waals surface area contributed by atoms with E-state index in [2.05, 4.69) is 23.9 Å². The summed E-state index contributed by atoms with van der Waals surface area (Å²) in [5, 5.41) is 70.8. The van der Waals surface area contributed by atoms with Gasteiger partial charge >= 0.3 is 5.69 Å². The fourth-order valence-electron chi connectivity index (χ4n) is 6.93. The minimum Gasteiger partial charge on any atom is -0.394 e. The molecule has 8 atom stereocenters. The Kier molecular flexibility index (Phi) is 25.6. The molecule has 2 rings (SSSR count). The second kappa shape index (κ2) is 28.7. The number of tetrazole rings is 1. The third-order valence-electron chi connectivity index (χ3n) is 10.4. The molecule has 1 saturated heterocycles. The van der Waals surface area contributed by atoms with Gasteiger partial charge in [0.2, 0.25) is 0 Å². The summed E-state index contributed by atoms with van der Waals surface area (Å²) < 4.78 is 13.4. The van der Waals surface area contributed by atoms with Gasteiger partial charge in [0.15, 0.2) is 6.29 Å². The van der Waals surface area contributed by atoms with Gasteiger partial charge in [-0.25, -0.2) is 4.79 Å². The van der Waals surface area contributed by atoms with Crippen LogP contribution in [0.15, 0.2) is 17.4 Å². The molecule has 0 amide bonds. The van der Waals surface area contributed by atoms with Crippen LogP contribution in [0.1, 0.15) is 167 Å². The van der Waals surface area contributed by atoms with Gasteiger partial charge in [0.1, 0.15) is 36.6 Å². The summed E-state index contributed by atoms with van der Waals surface area (Å²) in [6.45, 7) is 5.31. The molecular formula is C39H74N4O9. The molecule has 1 fully saturated rings. The summed E-state index contributed by atoms with van der Waals surface area (Å²) in [7, 11) is 0. The molecule has 1 aliphatic rings. The van der Waals surface area contributed by atoms with Gasteiger partial charge in [0, 0.05) is 6.54 Å². The normalized spacial score (nSPS) is 22.4. The molecule has 0 spiro atoms. The Bertz CT molecular complexity index is 1070. The maximum Gasteiger partial charge on any atom is 0.364 e. The van der Waals surface area contributed by atoms with Gasteiger partial charge in [0.05, 0.1) is 19.3 Å². The first-order valence-corrected chi connectivity index (χ1v) is 20.7. The zero-order valence-corrected chi connectivity index (χ0v) is 32.2. The van der Waals surface area contributed by atoms with Crippen LogP contribution in [0, 0.1) is 0 Å². The zero-order valence-electron chi connectivity index (χ0n) is 32.2. The number of ether oxygens (including phenoxy) is 2. The molecule has 13 nitrogen and oxygen atoms in total. The molecule has 0 radical (unpaired) electrons. The number of nitrogens with zero attached hydrogens (tertiary/aromatic N) is 4. The Morgan fingerprint density at radius 2 is 1.27 bits per heavy atom. The van der Waals surface area contributed by atoms with Gasteiger partial charge in [-0.2, -0.15) is 9.36 Å². The minimum atomic E-state index is -1.66. The number of aromatic nitrogens is 4. The van der Waals surface area contributed by atoms with Crippen LogP contribution in [0.3, 0.4) is 0 Å². The number of hydrogen-bond donors (Lipinski definition) is 6. The average Bonchev–Trinajstić information content (AvgIpc) is 3.51. The third kappa shape index (κ3) is 17.6. The summed E-state index contributed by atoms with van der Waals surface area (Å²) in [4.78, 5) is 13.4. The van der Waals surface area contributed by atoms with E-state index >= 15 is 0 Å². The number of aliphatic hydroxyl groups excluding tert-OH is 6. The van der Waals surface area contributed by atoms with Crippen molar-refractivity contribution in [3.63, 3.8) is 0 Å². The molecule has 1 aromatic rings. The molecule has 1 aromatic heterocycles. The lowest BCUT2D eigenvalue weighted by atomic mass is 9.98. The summed E-state index contributed by atoms with van der Waals surface area (Å²) >= 11 is 0. The van der Waals surface area contributed by atoms with Crippen LogP contribution >= 0.6 is 0 Å². The van der Waals surface area contributed by atoms with Crippen LogP contribution < -0.4 is 5.69 Å². The molecule has 2 heterocycles. The lowest BCUT2D eigenvalue weighted by Gasteiger charge is -2.40. The molecule has 52 heavy (non-hydrogen) atoms. The van der Waals surface area contributed by atoms with Crippen molar-refractivity contribution in [1.82, 2.24) is 19.8 Å². The van der Waals surface area contributed by atoms with E-state index in [1.165, 1.54) is 94.6 Å². The smallest absolute Gasteiger partial charge is 0.364 e. The predicted molar refractivity (Wildman–Crippen MR) is 202 cm³/mol. The highest BCUT2D eigenvalue weighted by Crippen LogP contribution is 2.25. The Labute approximate surface area is 312 Å². The van der Waals surface area contributed by atoms with Gasteiger partial charge in [-0.05, 0) is 36.1 Å². The molecule has 1 aliphatic heterocycles. The van der Waals surface area contributed by atoms with Gasteiger partial charge in [0.25, 0.3) is 0 Å². The molecule has 304 valence electrons. The largest absolute Gasteiger partial charge is 0.394 e. The number of unbranched alkanes of at least 4 members (excludes halogenated alkanes) is 21. The Balaban J connectivity index is 1.88. The molecule has 0 aromatic carbocycles. The van der Waals surface area contributed by atoms with Gasteiger partial charge in [-0.1, -0.05) is 141 Å². The van der Waals surface area contributed by atoms with Crippen LogP contribution in [0.4, 0.5) is 0 Å². The van der Waals surface area contributed by atoms with Crippen LogP contribution in [-0.4, -0.2) is 107 Å². The maximum atomic E-state index is 13.4. The Morgan fingerprint density at radius 3 is 1.81 bits per heavy atom. The minimum absolute atomic E-state index is 0.313. The van der Waals surface area contributed by atoms with E-state index < -0.39 is 67.9 Å². The molecule has 0 saturated carbocycles. The average molecular weight is 743 g/mol. The quantitative estimate of drug-likeness (QED) is 0.0415. The number of hydrogen-bond acceptors (Lipinski definition) is 11. The van der Waals surface area contributed by atoms with Crippen molar-refractivity contribution >= 4 is 0 Å². The number of allylic oxidation sites excluding steroid dienone is 1. The monoisotopic (exact) mass is 743 g/mol. The second-order valence-corrected chi connectivity index (χ2v) is 14.9. The van der Waals surface area contributed by atoms with Crippen molar-refractivity contribution in [2.75, 3.05) is 13.2 Å². The van der Waals surface area contributed by atoms with Crippen molar-refractivity contribution < 1.29 is 40.1 Å². The molecule has 13 heteroatoms. The molecule has 6 N–H and O–H groups in total. The van der Waals surface area contributed by atoms with E-state index in [4.69, 9.17) is 9.47 Å². The van der Waals surface area contributed by atoms with Crippen LogP contribution in [-0.2, 0) is 16.0 Å². The maximum absolute atomic E-state index is 13.4. The molecule has 0 bridgehead atoms. The predicted octanol–water partition coefficient (Wildman–Crippen LogP) is 5.09. The summed E-state index contributed by atoms with van der Waals surface area (Å²) in [5.74, 6) is 0. The lowest BCUT2D eigenvalue weighted by Crippen LogP contribution is -2.59. The van der Waals surface area contributed by atoms with E-state index in [9.17, 15) is 35.4 Å². The van der Waals surface area contributed by atoms with Crippen molar-refractivity contribution in [2.24, 2.45) is 0 Å². The standard InChI is InChI=1S/C39H74N4O9/c1-3-5-7-9-11-13-15-17-19-21-23-25-27-32(45)34(46)31(30-51-38-37(49)36(48)35(47)33(29-44)52-38)43-39(50)42(40-41-43)28-26-24-22-20-18-16-14-12-10-8-6-4-2/h4,31-38,44-49H,2-3,5-30H2,1H3/t31?,32-,33?,34+,35?,36?,37?,38?/m1/s1. The molecule has 0 aliphatic carbocycles. The fraction of sp³-hybridized carbons (Fsp3) is 0.923. The van der Waals surface area contributed by atoms with E-state index in [-0.39, 0.29) is 0 Å². The highest BCUT2D eigenvalue weighted by Gasteiger charge is 2.45. The number of aliphatic hydroxyl groups is 6. The van der Waals surface area contributed by atoms with Crippen LogP contribution in [0.5, 0.6) is 0 Å². The fourth-order valence-corrected chi connectivity index (χ4v) is 6.93. The van der Waals surface area contributed by atoms with Crippen molar-refractivity contribution in [3.05, 3.63) is 23.1 Å². The third-order valence-corrected chi connectivity index (χ3v) is 10.4. The SMILES string of the molecule is C=CCCCCCCCCCCCCn1nnn(C(COC2OC(CO)C(O)C(O)C2O)[C@H](O)[C@H](O)CCCCCCCCCCCCCC)c1=O. The lowest BCUT2D eigenvalue weighted by molar-refractivity contribution is -0.304. The van der Waals surface area contributed by atoms with Gasteiger partial charge < -0.3 is 40.1 Å². The summed E-state index contributed by atoms with van der Waals surface area (Å²) in [6, 6.07) is -1.18. The molecule has 6 unspecified atom stereocenters. The summed E-state index contributed by atoms with van der Waals surface area (Å²) in [6.07, 6.45) is 18.7.